The quantitative estimate of drug-likeness (QED) is 0.421. The van der Waals surface area contributed by atoms with Crippen LogP contribution in [0.2, 0.25) is 0 Å². The van der Waals surface area contributed by atoms with Gasteiger partial charge in [0.25, 0.3) is 0 Å². The Morgan fingerprint density at radius 3 is 2.29 bits per heavy atom. The van der Waals surface area contributed by atoms with Gasteiger partial charge in [-0.2, -0.15) is 4.31 Å². The number of ether oxygens (including phenoxy) is 5. The van der Waals surface area contributed by atoms with Crippen molar-refractivity contribution in [2.24, 2.45) is 0 Å². The Morgan fingerprint density at radius 2 is 1.65 bits per heavy atom. The molecule has 0 bridgehead atoms. The van der Waals surface area contributed by atoms with Gasteiger partial charge in [-0.05, 0) is 42.5 Å². The van der Waals surface area contributed by atoms with E-state index in [-0.39, 0.29) is 42.5 Å². The van der Waals surface area contributed by atoms with Gasteiger partial charge in [-0.15, -0.1) is 0 Å². The molecule has 9 nitrogen and oxygen atoms in total. The van der Waals surface area contributed by atoms with Crippen molar-refractivity contribution in [3.63, 3.8) is 0 Å². The number of methoxy groups -OCH3 is 2. The maximum absolute atomic E-state index is 13.0. The molecular weight excluding hydrogens is 426 g/mol. The lowest BCUT2D eigenvalue weighted by atomic mass is 10.2. The van der Waals surface area contributed by atoms with Crippen LogP contribution < -0.4 is 14.2 Å². The van der Waals surface area contributed by atoms with Crippen LogP contribution in [-0.2, 0) is 19.5 Å². The van der Waals surface area contributed by atoms with Gasteiger partial charge in [0.05, 0.1) is 33.0 Å². The minimum Gasteiger partial charge on any atom is -0.497 e. The summed E-state index contributed by atoms with van der Waals surface area (Å²) >= 11 is 0. The Kier molecular flexibility index (Phi) is 7.72. The number of sulfonamides is 1. The van der Waals surface area contributed by atoms with Crippen LogP contribution in [0.15, 0.2) is 47.4 Å². The molecule has 1 aliphatic heterocycles. The lowest BCUT2D eigenvalue weighted by Gasteiger charge is -2.26. The number of morpholine rings is 1. The summed E-state index contributed by atoms with van der Waals surface area (Å²) in [7, 11) is -0.890. The molecule has 1 fully saturated rings. The number of carbonyl (C=O) groups is 1. The molecule has 2 aromatic carbocycles. The van der Waals surface area contributed by atoms with E-state index in [1.165, 1.54) is 29.6 Å². The van der Waals surface area contributed by atoms with E-state index in [0.717, 1.165) is 0 Å². The topological polar surface area (TPSA) is 101 Å². The van der Waals surface area contributed by atoms with Gasteiger partial charge in [-0.1, -0.05) is 0 Å². The maximum atomic E-state index is 13.0. The van der Waals surface area contributed by atoms with E-state index in [2.05, 4.69) is 0 Å². The Balaban J connectivity index is 1.63. The molecule has 10 heteroatoms. The van der Waals surface area contributed by atoms with Crippen molar-refractivity contribution in [3.8, 4) is 17.2 Å². The van der Waals surface area contributed by atoms with Crippen LogP contribution in [0.25, 0.3) is 0 Å². The van der Waals surface area contributed by atoms with Crippen LogP contribution in [0.1, 0.15) is 10.4 Å². The number of esters is 1. The van der Waals surface area contributed by atoms with E-state index in [9.17, 15) is 13.2 Å². The third kappa shape index (κ3) is 5.66. The smallest absolute Gasteiger partial charge is 0.338 e. The van der Waals surface area contributed by atoms with Crippen molar-refractivity contribution in [3.05, 3.63) is 48.0 Å². The van der Waals surface area contributed by atoms with Gasteiger partial charge in [0.15, 0.2) is 0 Å². The van der Waals surface area contributed by atoms with Gasteiger partial charge in [-0.3, -0.25) is 0 Å². The molecule has 0 N–H and O–H groups in total. The van der Waals surface area contributed by atoms with Gasteiger partial charge in [0.2, 0.25) is 10.0 Å². The standard InChI is InChI=1S/C21H25NO8S/c1-26-17-4-6-18(7-5-17)29-13-14-30-21(23)16-3-8-19(27-2)20(15-16)31(24,25)22-9-11-28-12-10-22/h3-8,15H,9-14H2,1-2H3. The lowest BCUT2D eigenvalue weighted by molar-refractivity contribution is 0.0450. The highest BCUT2D eigenvalue weighted by Gasteiger charge is 2.30. The summed E-state index contributed by atoms with van der Waals surface area (Å²) in [6.07, 6.45) is 0. The van der Waals surface area contributed by atoms with Gasteiger partial charge >= 0.3 is 5.97 Å². The lowest BCUT2D eigenvalue weighted by Crippen LogP contribution is -2.40. The molecule has 31 heavy (non-hydrogen) atoms. The molecular formula is C21H25NO8S. The van der Waals surface area contributed by atoms with Crippen molar-refractivity contribution in [1.29, 1.82) is 0 Å². The number of benzene rings is 2. The first-order valence-corrected chi connectivity index (χ1v) is 11.1. The molecule has 168 valence electrons. The highest BCUT2D eigenvalue weighted by Crippen LogP contribution is 2.28. The van der Waals surface area contributed by atoms with Crippen LogP contribution in [0.4, 0.5) is 0 Å². The van der Waals surface area contributed by atoms with Crippen molar-refractivity contribution < 1.29 is 36.9 Å². The second-order valence-electron chi connectivity index (χ2n) is 6.54. The van der Waals surface area contributed by atoms with Crippen LogP contribution in [0.3, 0.4) is 0 Å². The summed E-state index contributed by atoms with van der Waals surface area (Å²) in [5.74, 6) is 0.826. The van der Waals surface area contributed by atoms with Crippen molar-refractivity contribution in [1.82, 2.24) is 4.31 Å². The normalized spacial score (nSPS) is 14.6. The van der Waals surface area contributed by atoms with Crippen LogP contribution in [-0.4, -0.2) is 72.4 Å². The second-order valence-corrected chi connectivity index (χ2v) is 8.45. The number of rotatable bonds is 9. The molecule has 1 aliphatic rings. The van der Waals surface area contributed by atoms with Gasteiger partial charge in [0, 0.05) is 13.1 Å². The first-order chi connectivity index (χ1) is 15.0. The van der Waals surface area contributed by atoms with Crippen LogP contribution in [0, 0.1) is 0 Å². The second kappa shape index (κ2) is 10.5. The molecule has 0 radical (unpaired) electrons. The van der Waals surface area contributed by atoms with Gasteiger partial charge in [0.1, 0.15) is 35.4 Å². The molecule has 3 rings (SSSR count). The van der Waals surface area contributed by atoms with Crippen molar-refractivity contribution >= 4 is 16.0 Å². The van der Waals surface area contributed by atoms with Gasteiger partial charge < -0.3 is 23.7 Å². The summed E-state index contributed by atoms with van der Waals surface area (Å²) in [5, 5.41) is 0. The highest BCUT2D eigenvalue weighted by atomic mass is 32.2. The number of carbonyl (C=O) groups excluding carboxylic acids is 1. The monoisotopic (exact) mass is 451 g/mol. The average Bonchev–Trinajstić information content (AvgIpc) is 2.82. The Labute approximate surface area is 181 Å². The molecule has 0 spiro atoms. The molecule has 2 aromatic rings. The minimum absolute atomic E-state index is 0.00242. The predicted molar refractivity (Wildman–Crippen MR) is 111 cm³/mol. The summed E-state index contributed by atoms with van der Waals surface area (Å²) < 4.78 is 53.6. The van der Waals surface area contributed by atoms with E-state index in [1.807, 2.05) is 0 Å². The molecule has 0 saturated carbocycles. The largest absolute Gasteiger partial charge is 0.497 e. The fraction of sp³-hybridized carbons (Fsp3) is 0.381. The average molecular weight is 451 g/mol. The first kappa shape index (κ1) is 22.9. The van der Waals surface area contributed by atoms with Gasteiger partial charge in [-0.25, -0.2) is 13.2 Å². The molecule has 0 aromatic heterocycles. The summed E-state index contributed by atoms with van der Waals surface area (Å²) in [4.78, 5) is 12.3. The van der Waals surface area contributed by atoms with E-state index in [4.69, 9.17) is 23.7 Å². The fourth-order valence-corrected chi connectivity index (χ4v) is 4.57. The number of hydrogen-bond donors (Lipinski definition) is 0. The summed E-state index contributed by atoms with van der Waals surface area (Å²) in [6.45, 7) is 1.26. The zero-order valence-electron chi connectivity index (χ0n) is 17.4. The minimum atomic E-state index is -3.84. The predicted octanol–water partition coefficient (Wildman–Crippen LogP) is 1.96. The van der Waals surface area contributed by atoms with E-state index in [0.29, 0.717) is 24.7 Å². The Hall–Kier alpha value is -2.82. The maximum Gasteiger partial charge on any atom is 0.338 e. The zero-order chi connectivity index (χ0) is 22.3. The van der Waals surface area contributed by atoms with Crippen molar-refractivity contribution in [2.75, 3.05) is 53.7 Å². The SMILES string of the molecule is COc1ccc(OCCOC(=O)c2ccc(OC)c(S(=O)(=O)N3CCOCC3)c2)cc1. The van der Waals surface area contributed by atoms with Crippen molar-refractivity contribution in [2.45, 2.75) is 4.90 Å². The Bertz CT molecular complexity index is 985. The number of nitrogens with zero attached hydrogens (tertiary/aromatic N) is 1. The van der Waals surface area contributed by atoms with Crippen LogP contribution >= 0.6 is 0 Å². The first-order valence-electron chi connectivity index (χ1n) is 9.65. The van der Waals surface area contributed by atoms with E-state index in [1.54, 1.807) is 31.4 Å². The van der Waals surface area contributed by atoms with E-state index < -0.39 is 16.0 Å². The Morgan fingerprint density at radius 1 is 0.968 bits per heavy atom. The zero-order valence-corrected chi connectivity index (χ0v) is 18.2. The van der Waals surface area contributed by atoms with E-state index >= 15 is 0 Å². The fourth-order valence-electron chi connectivity index (χ4n) is 2.98. The molecule has 0 amide bonds. The highest BCUT2D eigenvalue weighted by molar-refractivity contribution is 7.89. The number of hydrogen-bond acceptors (Lipinski definition) is 8. The van der Waals surface area contributed by atoms with Crippen LogP contribution in [0.5, 0.6) is 17.2 Å². The molecule has 0 aliphatic carbocycles. The molecule has 0 unspecified atom stereocenters. The molecule has 0 atom stereocenters. The summed E-state index contributed by atoms with van der Waals surface area (Å²) in [6, 6.07) is 11.2. The summed E-state index contributed by atoms with van der Waals surface area (Å²) in [5.41, 5.74) is 0.108. The molecule has 1 heterocycles. The molecule has 1 saturated heterocycles. The third-order valence-electron chi connectivity index (χ3n) is 4.63. The third-order valence-corrected chi connectivity index (χ3v) is 6.55.